The quantitative estimate of drug-likeness (QED) is 0.362. The van der Waals surface area contributed by atoms with Gasteiger partial charge in [-0.15, -0.1) is 10.2 Å². The Morgan fingerprint density at radius 3 is 2.36 bits per heavy atom. The van der Waals surface area contributed by atoms with Crippen molar-refractivity contribution >= 4 is 49.8 Å². The molecule has 1 aromatic heterocycles. The number of hydrogen-bond donors (Lipinski definition) is 1. The Balaban J connectivity index is 1.94. The van der Waals surface area contributed by atoms with E-state index in [1.807, 2.05) is 18.2 Å². The molecule has 0 radical (unpaired) electrons. The zero-order valence-corrected chi connectivity index (χ0v) is 17.1. The van der Waals surface area contributed by atoms with Crippen LogP contribution >= 0.6 is 27.3 Å². The average molecular weight is 456 g/mol. The van der Waals surface area contributed by atoms with Crippen molar-refractivity contribution in [2.75, 3.05) is 4.90 Å². The summed E-state index contributed by atoms with van der Waals surface area (Å²) in [6.45, 7) is 1.77. The maximum absolute atomic E-state index is 12.9. The predicted molar refractivity (Wildman–Crippen MR) is 110 cm³/mol. The van der Waals surface area contributed by atoms with Crippen molar-refractivity contribution in [2.45, 2.75) is 13.0 Å². The summed E-state index contributed by atoms with van der Waals surface area (Å²) in [5, 5.41) is 19.9. The molecule has 140 valence electrons. The van der Waals surface area contributed by atoms with Crippen LogP contribution in [0.15, 0.2) is 64.6 Å². The normalized spacial score (nSPS) is 18.6. The van der Waals surface area contributed by atoms with Gasteiger partial charge >= 0.3 is 5.91 Å². The van der Waals surface area contributed by atoms with Crippen molar-refractivity contribution in [1.82, 2.24) is 10.2 Å². The van der Waals surface area contributed by atoms with E-state index in [9.17, 15) is 14.7 Å². The number of aryl methyl sites for hydroxylation is 1. The molecule has 1 saturated heterocycles. The Bertz CT molecular complexity index is 1090. The van der Waals surface area contributed by atoms with E-state index in [4.69, 9.17) is 0 Å². The van der Waals surface area contributed by atoms with Crippen LogP contribution in [0.3, 0.4) is 0 Å². The first kappa shape index (κ1) is 18.5. The van der Waals surface area contributed by atoms with Crippen LogP contribution in [0.25, 0.3) is 5.76 Å². The molecule has 1 unspecified atom stereocenters. The fourth-order valence-corrected chi connectivity index (χ4v) is 4.10. The van der Waals surface area contributed by atoms with Crippen LogP contribution in [-0.2, 0) is 9.59 Å². The molecule has 1 fully saturated rings. The average Bonchev–Trinajstić information content (AvgIpc) is 3.24. The van der Waals surface area contributed by atoms with Crippen molar-refractivity contribution < 1.29 is 14.7 Å². The van der Waals surface area contributed by atoms with E-state index in [1.54, 1.807) is 43.3 Å². The number of carbonyl (C=O) groups is 2. The van der Waals surface area contributed by atoms with Gasteiger partial charge in [0.1, 0.15) is 10.8 Å². The van der Waals surface area contributed by atoms with Crippen LogP contribution in [0.1, 0.15) is 22.2 Å². The molecule has 1 aliphatic rings. The Labute approximate surface area is 173 Å². The van der Waals surface area contributed by atoms with E-state index in [-0.39, 0.29) is 11.3 Å². The number of nitrogens with zero attached hydrogens (tertiary/aromatic N) is 3. The fraction of sp³-hybridized carbons (Fsp3) is 0.100. The number of amides is 1. The molecule has 1 atom stereocenters. The zero-order valence-electron chi connectivity index (χ0n) is 14.7. The van der Waals surface area contributed by atoms with Gasteiger partial charge in [0, 0.05) is 10.0 Å². The van der Waals surface area contributed by atoms with Gasteiger partial charge in [0.15, 0.2) is 0 Å². The minimum absolute atomic E-state index is 0.0337. The molecule has 1 N–H and O–H groups in total. The summed E-state index contributed by atoms with van der Waals surface area (Å²) in [6.07, 6.45) is 0. The van der Waals surface area contributed by atoms with Crippen LogP contribution in [0, 0.1) is 6.92 Å². The van der Waals surface area contributed by atoms with Gasteiger partial charge in [-0.1, -0.05) is 69.7 Å². The molecule has 2 heterocycles. The summed E-state index contributed by atoms with van der Waals surface area (Å²) in [6, 6.07) is 15.2. The number of anilines is 1. The molecule has 8 heteroatoms. The first-order valence-electron chi connectivity index (χ1n) is 8.39. The molecule has 1 aliphatic heterocycles. The highest BCUT2D eigenvalue weighted by molar-refractivity contribution is 9.10. The summed E-state index contributed by atoms with van der Waals surface area (Å²) in [4.78, 5) is 27.1. The lowest BCUT2D eigenvalue weighted by molar-refractivity contribution is -0.132. The maximum Gasteiger partial charge on any atom is 0.301 e. The van der Waals surface area contributed by atoms with E-state index in [1.165, 1.54) is 16.2 Å². The number of aliphatic hydroxyl groups is 1. The molecule has 4 rings (SSSR count). The van der Waals surface area contributed by atoms with Gasteiger partial charge in [-0.25, -0.2) is 0 Å². The number of aliphatic hydroxyl groups excluding tert-OH is 1. The third-order valence-corrected chi connectivity index (χ3v) is 5.77. The lowest BCUT2D eigenvalue weighted by Gasteiger charge is -2.22. The SMILES string of the molecule is Cc1nnc(N2C(=O)C(=O)/C(=C(/O)c3ccccc3)C2c2ccc(Br)cc2)s1. The third kappa shape index (κ3) is 3.14. The van der Waals surface area contributed by atoms with Crippen LogP contribution < -0.4 is 4.90 Å². The van der Waals surface area contributed by atoms with Crippen LogP contribution in [0.4, 0.5) is 5.13 Å². The van der Waals surface area contributed by atoms with E-state index >= 15 is 0 Å². The van der Waals surface area contributed by atoms with Gasteiger partial charge < -0.3 is 5.11 Å². The summed E-state index contributed by atoms with van der Waals surface area (Å²) >= 11 is 4.61. The molecule has 1 amide bonds. The second kappa shape index (κ2) is 7.29. The van der Waals surface area contributed by atoms with Crippen LogP contribution in [0.2, 0.25) is 0 Å². The molecule has 6 nitrogen and oxygen atoms in total. The fourth-order valence-electron chi connectivity index (χ4n) is 3.13. The largest absolute Gasteiger partial charge is 0.507 e. The predicted octanol–water partition coefficient (Wildman–Crippen LogP) is 4.24. The number of halogens is 1. The monoisotopic (exact) mass is 455 g/mol. The lowest BCUT2D eigenvalue weighted by Crippen LogP contribution is -2.29. The van der Waals surface area contributed by atoms with Gasteiger partial charge in [0.05, 0.1) is 11.6 Å². The molecule has 3 aromatic rings. The number of rotatable bonds is 3. The van der Waals surface area contributed by atoms with Gasteiger partial charge in [-0.2, -0.15) is 0 Å². The van der Waals surface area contributed by atoms with Gasteiger partial charge in [-0.3, -0.25) is 14.5 Å². The summed E-state index contributed by atoms with van der Waals surface area (Å²) in [5.74, 6) is -1.70. The molecular formula is C20H14BrN3O3S. The van der Waals surface area contributed by atoms with Crippen LogP contribution in [-0.4, -0.2) is 27.0 Å². The zero-order chi connectivity index (χ0) is 19.8. The lowest BCUT2D eigenvalue weighted by atomic mass is 9.95. The Morgan fingerprint density at radius 2 is 1.75 bits per heavy atom. The highest BCUT2D eigenvalue weighted by atomic mass is 79.9. The van der Waals surface area contributed by atoms with Crippen molar-refractivity contribution in [1.29, 1.82) is 0 Å². The number of Topliss-reactive ketones (excluding diaryl/α,β-unsaturated/α-hetero) is 1. The minimum Gasteiger partial charge on any atom is -0.507 e. The second-order valence-electron chi connectivity index (χ2n) is 6.19. The number of ketones is 1. The summed E-state index contributed by atoms with van der Waals surface area (Å²) in [7, 11) is 0. The minimum atomic E-state index is -0.791. The number of benzene rings is 2. The van der Waals surface area contributed by atoms with Crippen LogP contribution in [0.5, 0.6) is 0 Å². The van der Waals surface area contributed by atoms with Crippen molar-refractivity contribution in [3.8, 4) is 0 Å². The molecule has 0 bridgehead atoms. The number of aromatic nitrogens is 2. The van der Waals surface area contributed by atoms with Gasteiger partial charge in [0.25, 0.3) is 5.78 Å². The highest BCUT2D eigenvalue weighted by Gasteiger charge is 2.48. The highest BCUT2D eigenvalue weighted by Crippen LogP contribution is 2.43. The summed E-state index contributed by atoms with van der Waals surface area (Å²) in [5.41, 5.74) is 1.19. The Kier molecular flexibility index (Phi) is 4.82. The van der Waals surface area contributed by atoms with E-state index in [0.717, 1.165) is 4.47 Å². The van der Waals surface area contributed by atoms with E-state index in [0.29, 0.717) is 21.3 Å². The molecule has 2 aromatic carbocycles. The van der Waals surface area contributed by atoms with E-state index < -0.39 is 17.7 Å². The molecule has 0 spiro atoms. The first-order valence-corrected chi connectivity index (χ1v) is 10.0. The Morgan fingerprint density at radius 1 is 1.07 bits per heavy atom. The molecule has 28 heavy (non-hydrogen) atoms. The smallest absolute Gasteiger partial charge is 0.301 e. The van der Waals surface area contributed by atoms with Crippen molar-refractivity contribution in [3.63, 3.8) is 0 Å². The Hall–Kier alpha value is -2.84. The van der Waals surface area contributed by atoms with Crippen molar-refractivity contribution in [3.05, 3.63) is 80.8 Å². The molecule has 0 aliphatic carbocycles. The third-order valence-electron chi connectivity index (χ3n) is 4.40. The summed E-state index contributed by atoms with van der Waals surface area (Å²) < 4.78 is 0.864. The number of hydrogen-bond acceptors (Lipinski definition) is 6. The molecular weight excluding hydrogens is 442 g/mol. The standard InChI is InChI=1S/C20H14BrN3O3S/c1-11-22-23-20(28-11)24-16(12-7-9-14(21)10-8-12)15(18(26)19(24)27)17(25)13-5-3-2-4-6-13/h2-10,16,25H,1H3/b17-15+. The van der Waals surface area contributed by atoms with Crippen molar-refractivity contribution in [2.24, 2.45) is 0 Å². The van der Waals surface area contributed by atoms with E-state index in [2.05, 4.69) is 26.1 Å². The topological polar surface area (TPSA) is 83.4 Å². The first-order chi connectivity index (χ1) is 13.5. The second-order valence-corrected chi connectivity index (χ2v) is 8.27. The van der Waals surface area contributed by atoms with Gasteiger partial charge in [-0.05, 0) is 24.6 Å². The number of carbonyl (C=O) groups excluding carboxylic acids is 2. The maximum atomic E-state index is 12.9. The van der Waals surface area contributed by atoms with Gasteiger partial charge in [0.2, 0.25) is 5.13 Å². The molecule has 0 saturated carbocycles.